The highest BCUT2D eigenvalue weighted by Gasteiger charge is 2.19. The molecule has 0 aliphatic heterocycles. The van der Waals surface area contributed by atoms with Gasteiger partial charge in [-0.1, -0.05) is 37.1 Å². The van der Waals surface area contributed by atoms with Gasteiger partial charge in [0.1, 0.15) is 0 Å². The highest BCUT2D eigenvalue weighted by molar-refractivity contribution is 6.30. The van der Waals surface area contributed by atoms with Gasteiger partial charge in [0.25, 0.3) is 0 Å². The highest BCUT2D eigenvalue weighted by Crippen LogP contribution is 2.14. The van der Waals surface area contributed by atoms with Crippen molar-refractivity contribution in [2.75, 3.05) is 6.61 Å². The van der Waals surface area contributed by atoms with Crippen LogP contribution in [0.1, 0.15) is 32.3 Å². The summed E-state index contributed by atoms with van der Waals surface area (Å²) in [4.78, 5) is 11.6. The first kappa shape index (κ1) is 15.0. The largest absolute Gasteiger partial charge is 0.464 e. The Bertz CT molecular complexity index is 379. The van der Waals surface area contributed by atoms with Crippen LogP contribution in [0.4, 0.5) is 0 Å². The van der Waals surface area contributed by atoms with Gasteiger partial charge in [-0.3, -0.25) is 0 Å². The summed E-state index contributed by atoms with van der Waals surface area (Å²) >= 11 is 5.89. The topological polar surface area (TPSA) is 35.5 Å². The molecule has 0 spiro atoms. The second-order valence-electron chi connectivity index (χ2n) is 3.97. The zero-order valence-corrected chi connectivity index (χ0v) is 11.6. The van der Waals surface area contributed by atoms with Crippen LogP contribution in [0.25, 0.3) is 0 Å². The van der Waals surface area contributed by atoms with Crippen LogP contribution < -0.4 is 0 Å². The molecule has 0 aromatic heterocycles. The number of hydrogen-bond donors (Lipinski definition) is 0. The molecule has 3 nitrogen and oxygen atoms in total. The van der Waals surface area contributed by atoms with Crippen LogP contribution in [0, 0.1) is 0 Å². The molecule has 0 bridgehead atoms. The molecule has 0 amide bonds. The van der Waals surface area contributed by atoms with Crippen LogP contribution in [0.3, 0.4) is 0 Å². The van der Waals surface area contributed by atoms with Crippen LogP contribution in [0.15, 0.2) is 24.3 Å². The fourth-order valence-corrected chi connectivity index (χ4v) is 1.80. The Morgan fingerprint density at radius 3 is 2.78 bits per heavy atom. The van der Waals surface area contributed by atoms with Gasteiger partial charge >= 0.3 is 5.97 Å². The predicted molar refractivity (Wildman–Crippen MR) is 71.6 cm³/mol. The summed E-state index contributed by atoms with van der Waals surface area (Å²) in [6, 6.07) is 7.41. The minimum Gasteiger partial charge on any atom is -0.464 e. The lowest BCUT2D eigenvalue weighted by Gasteiger charge is -2.15. The van der Waals surface area contributed by atoms with Crippen molar-refractivity contribution in [1.82, 2.24) is 0 Å². The Kier molecular flexibility index (Phi) is 6.76. The molecule has 0 N–H and O–H groups in total. The molecule has 0 fully saturated rings. The van der Waals surface area contributed by atoms with Crippen molar-refractivity contribution in [3.8, 4) is 0 Å². The van der Waals surface area contributed by atoms with Gasteiger partial charge in [-0.05, 0) is 31.0 Å². The summed E-state index contributed by atoms with van der Waals surface area (Å²) in [6.45, 7) is 4.54. The number of ether oxygens (including phenoxy) is 2. The van der Waals surface area contributed by atoms with Crippen molar-refractivity contribution in [3.63, 3.8) is 0 Å². The van der Waals surface area contributed by atoms with Gasteiger partial charge in [-0.15, -0.1) is 0 Å². The molecule has 0 aliphatic carbocycles. The van der Waals surface area contributed by atoms with E-state index in [-0.39, 0.29) is 5.97 Å². The van der Waals surface area contributed by atoms with Crippen LogP contribution in [0.2, 0.25) is 5.02 Å². The molecule has 0 heterocycles. The van der Waals surface area contributed by atoms with Crippen LogP contribution in [0.5, 0.6) is 0 Å². The molecule has 4 heteroatoms. The van der Waals surface area contributed by atoms with Gasteiger partial charge in [-0.2, -0.15) is 0 Å². The molecule has 1 rings (SSSR count). The average Bonchev–Trinajstić information content (AvgIpc) is 2.35. The van der Waals surface area contributed by atoms with E-state index in [1.54, 1.807) is 13.0 Å². The zero-order chi connectivity index (χ0) is 13.4. The first-order valence-corrected chi connectivity index (χ1v) is 6.57. The van der Waals surface area contributed by atoms with Gasteiger partial charge in [0.2, 0.25) is 0 Å². The monoisotopic (exact) mass is 270 g/mol. The van der Waals surface area contributed by atoms with Crippen LogP contribution in [-0.2, 0) is 20.9 Å². The molecule has 0 saturated heterocycles. The average molecular weight is 271 g/mol. The molecule has 100 valence electrons. The van der Waals surface area contributed by atoms with Gasteiger partial charge in [0, 0.05) is 5.02 Å². The van der Waals surface area contributed by atoms with Gasteiger partial charge in [0.05, 0.1) is 13.2 Å². The molecule has 0 saturated carbocycles. The predicted octanol–water partition coefficient (Wildman–Crippen LogP) is 3.59. The number of carbonyl (C=O) groups excluding carboxylic acids is 1. The molecule has 1 unspecified atom stereocenters. The van der Waals surface area contributed by atoms with Crippen molar-refractivity contribution in [2.45, 2.75) is 39.4 Å². The van der Waals surface area contributed by atoms with Crippen LogP contribution >= 0.6 is 11.6 Å². The fourth-order valence-electron chi connectivity index (χ4n) is 1.59. The molecule has 1 aromatic carbocycles. The summed E-state index contributed by atoms with van der Waals surface area (Å²) in [5.41, 5.74) is 0.952. The minimum atomic E-state index is -0.492. The van der Waals surface area contributed by atoms with Crippen molar-refractivity contribution in [3.05, 3.63) is 34.9 Å². The highest BCUT2D eigenvalue weighted by atomic mass is 35.5. The lowest BCUT2D eigenvalue weighted by atomic mass is 10.2. The molecular formula is C14H19ClO3. The van der Waals surface area contributed by atoms with E-state index in [0.717, 1.165) is 12.0 Å². The summed E-state index contributed by atoms with van der Waals surface area (Å²) in [5.74, 6) is -0.290. The second kappa shape index (κ2) is 8.11. The SMILES string of the molecule is CCCC(OCc1cccc(Cl)c1)C(=O)OCC. The lowest BCUT2D eigenvalue weighted by Crippen LogP contribution is -2.26. The smallest absolute Gasteiger partial charge is 0.335 e. The van der Waals surface area contributed by atoms with Crippen LogP contribution in [-0.4, -0.2) is 18.7 Å². The van der Waals surface area contributed by atoms with E-state index < -0.39 is 6.10 Å². The molecular weight excluding hydrogens is 252 g/mol. The summed E-state index contributed by atoms with van der Waals surface area (Å²) < 4.78 is 10.6. The van der Waals surface area contributed by atoms with Crippen molar-refractivity contribution in [1.29, 1.82) is 0 Å². The number of halogens is 1. The first-order chi connectivity index (χ1) is 8.67. The number of rotatable bonds is 7. The van der Waals surface area contributed by atoms with E-state index in [1.165, 1.54) is 0 Å². The van der Waals surface area contributed by atoms with Gasteiger partial charge in [-0.25, -0.2) is 4.79 Å². The summed E-state index contributed by atoms with van der Waals surface area (Å²) in [5, 5.41) is 0.666. The summed E-state index contributed by atoms with van der Waals surface area (Å²) in [7, 11) is 0. The van der Waals surface area contributed by atoms with E-state index in [2.05, 4.69) is 0 Å². The standard InChI is InChI=1S/C14H19ClO3/c1-3-6-13(14(16)17-4-2)18-10-11-7-5-8-12(15)9-11/h5,7-9,13H,3-4,6,10H2,1-2H3. The second-order valence-corrected chi connectivity index (χ2v) is 4.41. The van der Waals surface area contributed by atoms with E-state index >= 15 is 0 Å². The Labute approximate surface area is 113 Å². The number of hydrogen-bond acceptors (Lipinski definition) is 3. The zero-order valence-electron chi connectivity index (χ0n) is 10.8. The fraction of sp³-hybridized carbons (Fsp3) is 0.500. The quantitative estimate of drug-likeness (QED) is 0.711. The van der Waals surface area contributed by atoms with Gasteiger partial charge < -0.3 is 9.47 Å². The van der Waals surface area contributed by atoms with E-state index in [1.807, 2.05) is 25.1 Å². The van der Waals surface area contributed by atoms with E-state index in [0.29, 0.717) is 24.7 Å². The third-order valence-corrected chi connectivity index (χ3v) is 2.68. The normalized spacial score (nSPS) is 12.2. The third-order valence-electron chi connectivity index (χ3n) is 2.44. The van der Waals surface area contributed by atoms with E-state index in [9.17, 15) is 4.79 Å². The lowest BCUT2D eigenvalue weighted by molar-refractivity contribution is -0.158. The minimum absolute atomic E-state index is 0.290. The van der Waals surface area contributed by atoms with Crippen molar-refractivity contribution < 1.29 is 14.3 Å². The molecule has 18 heavy (non-hydrogen) atoms. The maximum Gasteiger partial charge on any atom is 0.335 e. The molecule has 0 radical (unpaired) electrons. The third kappa shape index (κ3) is 5.07. The number of benzene rings is 1. The molecule has 1 atom stereocenters. The maximum absolute atomic E-state index is 11.6. The van der Waals surface area contributed by atoms with Crippen molar-refractivity contribution in [2.24, 2.45) is 0 Å². The summed E-state index contributed by atoms with van der Waals surface area (Å²) in [6.07, 6.45) is 1.05. The van der Waals surface area contributed by atoms with Crippen molar-refractivity contribution >= 4 is 17.6 Å². The van der Waals surface area contributed by atoms with Gasteiger partial charge in [0.15, 0.2) is 6.10 Å². The Balaban J connectivity index is 2.53. The van der Waals surface area contributed by atoms with E-state index in [4.69, 9.17) is 21.1 Å². The Morgan fingerprint density at radius 1 is 1.39 bits per heavy atom. The Hall–Kier alpha value is -1.06. The Morgan fingerprint density at radius 2 is 2.17 bits per heavy atom. The maximum atomic E-state index is 11.6. The molecule has 1 aromatic rings. The first-order valence-electron chi connectivity index (χ1n) is 6.20. The number of carbonyl (C=O) groups is 1. The number of esters is 1. The molecule has 0 aliphatic rings.